The van der Waals surface area contributed by atoms with Gasteiger partial charge < -0.3 is 10.2 Å². The molecule has 0 bridgehead atoms. The highest BCUT2D eigenvalue weighted by molar-refractivity contribution is 14.0. The lowest BCUT2D eigenvalue weighted by molar-refractivity contribution is -0.132. The van der Waals surface area contributed by atoms with Gasteiger partial charge in [-0.2, -0.15) is 13.2 Å². The first-order valence-corrected chi connectivity index (χ1v) is 5.50. The molecule has 0 saturated heterocycles. The fourth-order valence-electron chi connectivity index (χ4n) is 1.28. The van der Waals surface area contributed by atoms with Gasteiger partial charge in [-0.25, -0.2) is 0 Å². The molecule has 0 aliphatic carbocycles. The largest absolute Gasteiger partial charge is 0.390 e. The molecule has 3 nitrogen and oxygen atoms in total. The minimum Gasteiger partial charge on any atom is -0.356 e. The molecule has 18 heavy (non-hydrogen) atoms. The lowest BCUT2D eigenvalue weighted by Gasteiger charge is -2.22. The molecule has 0 aromatic rings. The second-order valence-electron chi connectivity index (χ2n) is 3.69. The number of hydrogen-bond donors (Lipinski definition) is 1. The summed E-state index contributed by atoms with van der Waals surface area (Å²) in [6.45, 7) is 4.19. The van der Waals surface area contributed by atoms with E-state index in [0.717, 1.165) is 19.4 Å². The van der Waals surface area contributed by atoms with Crippen molar-refractivity contribution in [3.63, 3.8) is 0 Å². The summed E-state index contributed by atoms with van der Waals surface area (Å²) in [6, 6.07) is 0. The van der Waals surface area contributed by atoms with Gasteiger partial charge in [0.25, 0.3) is 0 Å². The van der Waals surface area contributed by atoms with Crippen molar-refractivity contribution in [3.05, 3.63) is 12.7 Å². The zero-order chi connectivity index (χ0) is 13.3. The summed E-state index contributed by atoms with van der Waals surface area (Å²) in [4.78, 5) is 5.73. The summed E-state index contributed by atoms with van der Waals surface area (Å²) < 4.78 is 35.9. The first-order chi connectivity index (χ1) is 7.90. The van der Waals surface area contributed by atoms with E-state index >= 15 is 0 Å². The minimum absolute atomic E-state index is 0. The Morgan fingerprint density at radius 2 is 2.06 bits per heavy atom. The topological polar surface area (TPSA) is 27.6 Å². The fraction of sp³-hybridized carbons (Fsp3) is 0.727. The number of unbranched alkanes of at least 4 members (excludes halogenated alkanes) is 1. The Bertz CT molecular complexity index is 254. The number of hydrogen-bond acceptors (Lipinski definition) is 1. The standard InChI is InChI=1S/C11H20F3N3.HI/c1-4-5-6-9-17(3)10(15-2)16-8-7-11(12,13)14;/h4H,1,5-9H2,2-3H3,(H,15,16);1H. The number of allylic oxidation sites excluding steroid dienone is 1. The fourth-order valence-corrected chi connectivity index (χ4v) is 1.28. The number of nitrogens with zero attached hydrogens (tertiary/aromatic N) is 2. The predicted octanol–water partition coefficient (Wildman–Crippen LogP) is 3.03. The van der Waals surface area contributed by atoms with Crippen LogP contribution in [0.1, 0.15) is 19.3 Å². The molecule has 0 rings (SSSR count). The van der Waals surface area contributed by atoms with Crippen LogP contribution in [0.15, 0.2) is 17.6 Å². The van der Waals surface area contributed by atoms with E-state index in [2.05, 4.69) is 16.9 Å². The van der Waals surface area contributed by atoms with Crippen LogP contribution >= 0.6 is 24.0 Å². The maximum absolute atomic E-state index is 12.0. The molecule has 0 aliphatic rings. The van der Waals surface area contributed by atoms with E-state index in [0.29, 0.717) is 5.96 Å². The quantitative estimate of drug-likeness (QED) is 0.253. The molecule has 0 fully saturated rings. The molecule has 0 aliphatic heterocycles. The summed E-state index contributed by atoms with van der Waals surface area (Å²) in [5.41, 5.74) is 0. The van der Waals surface area contributed by atoms with E-state index < -0.39 is 12.6 Å². The Balaban J connectivity index is 0. The molecular weight excluding hydrogens is 358 g/mol. The van der Waals surface area contributed by atoms with Crippen LogP contribution in [0.25, 0.3) is 0 Å². The van der Waals surface area contributed by atoms with Gasteiger partial charge in [0, 0.05) is 27.2 Å². The van der Waals surface area contributed by atoms with E-state index in [4.69, 9.17) is 0 Å². The zero-order valence-corrected chi connectivity index (χ0v) is 13.1. The van der Waals surface area contributed by atoms with Crippen LogP contribution in [0.4, 0.5) is 13.2 Å². The van der Waals surface area contributed by atoms with Crippen LogP contribution in [-0.4, -0.2) is 44.2 Å². The van der Waals surface area contributed by atoms with Gasteiger partial charge in [0.1, 0.15) is 0 Å². The third-order valence-corrected chi connectivity index (χ3v) is 2.17. The van der Waals surface area contributed by atoms with E-state index in [1.165, 1.54) is 0 Å². The van der Waals surface area contributed by atoms with Crippen molar-refractivity contribution in [2.24, 2.45) is 4.99 Å². The third-order valence-electron chi connectivity index (χ3n) is 2.17. The SMILES string of the molecule is C=CCCCN(C)C(=NC)NCCC(F)(F)F.I. The van der Waals surface area contributed by atoms with Crippen molar-refractivity contribution < 1.29 is 13.2 Å². The van der Waals surface area contributed by atoms with Crippen molar-refractivity contribution in [3.8, 4) is 0 Å². The second-order valence-corrected chi connectivity index (χ2v) is 3.69. The Kier molecular flexibility index (Phi) is 11.5. The summed E-state index contributed by atoms with van der Waals surface area (Å²) in [5, 5.41) is 2.68. The van der Waals surface area contributed by atoms with E-state index in [1.807, 2.05) is 6.08 Å². The summed E-state index contributed by atoms with van der Waals surface area (Å²) in [6.07, 6.45) is -1.39. The van der Waals surface area contributed by atoms with Gasteiger partial charge in [0.2, 0.25) is 0 Å². The number of guanidine groups is 1. The zero-order valence-electron chi connectivity index (χ0n) is 10.8. The first kappa shape index (κ1) is 19.9. The molecular formula is C11H21F3IN3. The van der Waals surface area contributed by atoms with E-state index in [9.17, 15) is 13.2 Å². The molecule has 0 amide bonds. The van der Waals surface area contributed by atoms with E-state index in [-0.39, 0.29) is 30.5 Å². The van der Waals surface area contributed by atoms with Crippen LogP contribution in [0.2, 0.25) is 0 Å². The Morgan fingerprint density at radius 1 is 1.44 bits per heavy atom. The summed E-state index contributed by atoms with van der Waals surface area (Å²) in [5.74, 6) is 0.485. The molecule has 0 saturated carbocycles. The average molecular weight is 379 g/mol. The first-order valence-electron chi connectivity index (χ1n) is 5.50. The molecule has 0 aromatic heterocycles. The highest BCUT2D eigenvalue weighted by Gasteiger charge is 2.26. The van der Waals surface area contributed by atoms with Gasteiger partial charge >= 0.3 is 6.18 Å². The van der Waals surface area contributed by atoms with Crippen molar-refractivity contribution in [1.29, 1.82) is 0 Å². The van der Waals surface area contributed by atoms with Gasteiger partial charge in [0.05, 0.1) is 6.42 Å². The average Bonchev–Trinajstić information content (AvgIpc) is 2.23. The maximum Gasteiger partial charge on any atom is 0.390 e. The lowest BCUT2D eigenvalue weighted by Crippen LogP contribution is -2.40. The lowest BCUT2D eigenvalue weighted by atomic mass is 10.3. The normalized spacial score (nSPS) is 11.7. The van der Waals surface area contributed by atoms with Crippen LogP contribution in [0.5, 0.6) is 0 Å². The van der Waals surface area contributed by atoms with Crippen LogP contribution in [0, 0.1) is 0 Å². The van der Waals surface area contributed by atoms with Crippen molar-refractivity contribution in [2.75, 3.05) is 27.2 Å². The minimum atomic E-state index is -4.13. The van der Waals surface area contributed by atoms with Crippen molar-refractivity contribution >= 4 is 29.9 Å². The predicted molar refractivity (Wildman–Crippen MR) is 79.5 cm³/mol. The van der Waals surface area contributed by atoms with Crippen molar-refractivity contribution in [1.82, 2.24) is 10.2 Å². The smallest absolute Gasteiger partial charge is 0.356 e. The highest BCUT2D eigenvalue weighted by atomic mass is 127. The Labute approximate surface area is 124 Å². The summed E-state index contributed by atoms with van der Waals surface area (Å²) >= 11 is 0. The molecule has 0 spiro atoms. The molecule has 0 atom stereocenters. The van der Waals surface area contributed by atoms with Gasteiger partial charge in [-0.05, 0) is 12.8 Å². The Morgan fingerprint density at radius 3 is 2.50 bits per heavy atom. The second kappa shape index (κ2) is 10.5. The molecule has 0 unspecified atom stereocenters. The molecule has 0 heterocycles. The maximum atomic E-state index is 12.0. The van der Waals surface area contributed by atoms with Crippen LogP contribution in [0.3, 0.4) is 0 Å². The molecule has 7 heteroatoms. The highest BCUT2D eigenvalue weighted by Crippen LogP contribution is 2.18. The van der Waals surface area contributed by atoms with Gasteiger partial charge in [-0.15, -0.1) is 30.6 Å². The number of alkyl halides is 3. The van der Waals surface area contributed by atoms with Gasteiger partial charge in [-0.1, -0.05) is 6.08 Å². The number of halogens is 4. The van der Waals surface area contributed by atoms with Crippen LogP contribution in [-0.2, 0) is 0 Å². The van der Waals surface area contributed by atoms with Crippen molar-refractivity contribution in [2.45, 2.75) is 25.4 Å². The molecule has 0 aromatic carbocycles. The summed E-state index contributed by atoms with van der Waals surface area (Å²) in [7, 11) is 3.35. The Hall–Kier alpha value is -0.470. The number of aliphatic imine (C=N–C) groups is 1. The molecule has 1 N–H and O–H groups in total. The van der Waals surface area contributed by atoms with Crippen LogP contribution < -0.4 is 5.32 Å². The van der Waals surface area contributed by atoms with Gasteiger partial charge in [-0.3, -0.25) is 4.99 Å². The monoisotopic (exact) mass is 379 g/mol. The molecule has 0 radical (unpaired) electrons. The van der Waals surface area contributed by atoms with Gasteiger partial charge in [0.15, 0.2) is 5.96 Å². The van der Waals surface area contributed by atoms with E-state index in [1.54, 1.807) is 19.0 Å². The number of nitrogens with one attached hydrogen (secondary N) is 1. The number of rotatable bonds is 6. The molecule has 108 valence electrons. The third kappa shape index (κ3) is 10.7.